The first-order chi connectivity index (χ1) is 9.72. The fourth-order valence-electron chi connectivity index (χ4n) is 1.72. The Bertz CT molecular complexity index is 644. The lowest BCUT2D eigenvalue weighted by Gasteiger charge is -2.07. The van der Waals surface area contributed by atoms with Crippen molar-refractivity contribution in [2.24, 2.45) is 0 Å². The zero-order valence-corrected chi connectivity index (χ0v) is 11.1. The van der Waals surface area contributed by atoms with Crippen LogP contribution in [0.2, 0.25) is 0 Å². The largest absolute Gasteiger partial charge is 0.366 e. The predicted octanol–water partition coefficient (Wildman–Crippen LogP) is 1.92. The lowest BCUT2D eigenvalue weighted by Crippen LogP contribution is -2.18. The number of anilines is 1. The van der Waals surface area contributed by atoms with E-state index in [1.807, 2.05) is 24.3 Å². The number of hydrogen-bond donors (Lipinski definition) is 2. The molecule has 0 unspecified atom stereocenters. The molecule has 5 nitrogen and oxygen atoms in total. The molecule has 1 aromatic heterocycles. The van der Waals surface area contributed by atoms with Gasteiger partial charge in [-0.05, 0) is 29.8 Å². The van der Waals surface area contributed by atoms with E-state index in [4.69, 9.17) is 5.26 Å². The number of nitriles is 1. The standard InChI is InChI=1S/C15H14N4O/c1-17-15(20)13-4-2-3-11(7-13)9-18-14-6-5-12(8-16)10-19-14/h2-7,10H,9H2,1H3,(H,17,20)(H,18,19). The van der Waals surface area contributed by atoms with Gasteiger partial charge in [-0.2, -0.15) is 5.26 Å². The molecule has 1 heterocycles. The Morgan fingerprint density at radius 1 is 1.35 bits per heavy atom. The van der Waals surface area contributed by atoms with Gasteiger partial charge in [0.05, 0.1) is 5.56 Å². The molecule has 0 aliphatic rings. The molecule has 0 saturated carbocycles. The Morgan fingerprint density at radius 2 is 2.20 bits per heavy atom. The van der Waals surface area contributed by atoms with E-state index in [1.165, 1.54) is 6.20 Å². The number of amides is 1. The van der Waals surface area contributed by atoms with E-state index >= 15 is 0 Å². The molecule has 0 aliphatic carbocycles. The van der Waals surface area contributed by atoms with Crippen LogP contribution >= 0.6 is 0 Å². The van der Waals surface area contributed by atoms with Crippen LogP contribution < -0.4 is 10.6 Å². The van der Waals surface area contributed by atoms with Crippen LogP contribution in [0.5, 0.6) is 0 Å². The van der Waals surface area contributed by atoms with Crippen LogP contribution in [-0.2, 0) is 6.54 Å². The molecule has 1 amide bonds. The van der Waals surface area contributed by atoms with Crippen molar-refractivity contribution in [3.63, 3.8) is 0 Å². The summed E-state index contributed by atoms with van der Waals surface area (Å²) in [4.78, 5) is 15.7. The zero-order valence-electron chi connectivity index (χ0n) is 11.1. The number of nitrogens with one attached hydrogen (secondary N) is 2. The number of benzene rings is 1. The van der Waals surface area contributed by atoms with Crippen molar-refractivity contribution in [2.45, 2.75) is 6.54 Å². The first-order valence-corrected chi connectivity index (χ1v) is 6.14. The third-order valence-corrected chi connectivity index (χ3v) is 2.78. The molecule has 1 aromatic carbocycles. The summed E-state index contributed by atoms with van der Waals surface area (Å²) >= 11 is 0. The van der Waals surface area contributed by atoms with Gasteiger partial charge in [-0.3, -0.25) is 4.79 Å². The molecule has 0 fully saturated rings. The lowest BCUT2D eigenvalue weighted by molar-refractivity contribution is 0.0963. The Morgan fingerprint density at radius 3 is 2.85 bits per heavy atom. The maximum absolute atomic E-state index is 11.5. The van der Waals surface area contributed by atoms with Gasteiger partial charge >= 0.3 is 0 Å². The second-order valence-corrected chi connectivity index (χ2v) is 4.18. The predicted molar refractivity (Wildman–Crippen MR) is 76.1 cm³/mol. The average molecular weight is 266 g/mol. The fraction of sp³-hybridized carbons (Fsp3) is 0.133. The van der Waals surface area contributed by atoms with Crippen LogP contribution in [0.1, 0.15) is 21.5 Å². The quantitative estimate of drug-likeness (QED) is 0.886. The maximum atomic E-state index is 11.5. The van der Waals surface area contributed by atoms with Crippen molar-refractivity contribution in [2.75, 3.05) is 12.4 Å². The number of aromatic nitrogens is 1. The smallest absolute Gasteiger partial charge is 0.251 e. The van der Waals surface area contributed by atoms with Gasteiger partial charge in [0.25, 0.3) is 5.91 Å². The van der Waals surface area contributed by atoms with Gasteiger partial charge in [0, 0.05) is 25.4 Å². The molecule has 2 aromatic rings. The summed E-state index contributed by atoms with van der Waals surface area (Å²) in [6.45, 7) is 0.559. The summed E-state index contributed by atoms with van der Waals surface area (Å²) in [5.74, 6) is 0.581. The monoisotopic (exact) mass is 266 g/mol. The van der Waals surface area contributed by atoms with E-state index in [1.54, 1.807) is 25.2 Å². The molecule has 0 atom stereocenters. The first kappa shape index (κ1) is 13.6. The van der Waals surface area contributed by atoms with E-state index in [0.29, 0.717) is 23.5 Å². The van der Waals surface area contributed by atoms with Crippen molar-refractivity contribution in [3.8, 4) is 6.07 Å². The molecule has 0 radical (unpaired) electrons. The van der Waals surface area contributed by atoms with Crippen LogP contribution in [0.15, 0.2) is 42.6 Å². The van der Waals surface area contributed by atoms with Crippen molar-refractivity contribution < 1.29 is 4.79 Å². The minimum absolute atomic E-state index is 0.108. The van der Waals surface area contributed by atoms with E-state index in [0.717, 1.165) is 5.56 Å². The second-order valence-electron chi connectivity index (χ2n) is 4.18. The number of pyridine rings is 1. The molecule has 0 spiro atoms. The molecule has 2 N–H and O–H groups in total. The number of nitrogens with zero attached hydrogens (tertiary/aromatic N) is 2. The lowest BCUT2D eigenvalue weighted by atomic mass is 10.1. The number of carbonyl (C=O) groups excluding carboxylic acids is 1. The third-order valence-electron chi connectivity index (χ3n) is 2.78. The summed E-state index contributed by atoms with van der Waals surface area (Å²) in [5.41, 5.74) is 2.13. The summed E-state index contributed by atoms with van der Waals surface area (Å²) in [6.07, 6.45) is 1.52. The molecule has 0 aliphatic heterocycles. The van der Waals surface area contributed by atoms with Crippen LogP contribution in [0, 0.1) is 11.3 Å². The summed E-state index contributed by atoms with van der Waals surface area (Å²) in [5, 5.41) is 14.4. The number of carbonyl (C=O) groups is 1. The molecule has 5 heteroatoms. The van der Waals surface area contributed by atoms with Crippen molar-refractivity contribution >= 4 is 11.7 Å². The molecule has 0 bridgehead atoms. The Balaban J connectivity index is 2.03. The van der Waals surface area contributed by atoms with Gasteiger partial charge in [-0.1, -0.05) is 12.1 Å². The van der Waals surface area contributed by atoms with E-state index in [9.17, 15) is 4.79 Å². The van der Waals surface area contributed by atoms with Crippen molar-refractivity contribution in [1.82, 2.24) is 10.3 Å². The summed E-state index contributed by atoms with van der Waals surface area (Å²) < 4.78 is 0. The van der Waals surface area contributed by atoms with Crippen LogP contribution in [0.25, 0.3) is 0 Å². The Kier molecular flexibility index (Phi) is 4.30. The average Bonchev–Trinajstić information content (AvgIpc) is 2.53. The van der Waals surface area contributed by atoms with Crippen LogP contribution in [0.3, 0.4) is 0 Å². The van der Waals surface area contributed by atoms with Gasteiger partial charge in [0.2, 0.25) is 0 Å². The number of hydrogen-bond acceptors (Lipinski definition) is 4. The second kappa shape index (κ2) is 6.34. The highest BCUT2D eigenvalue weighted by molar-refractivity contribution is 5.94. The van der Waals surface area contributed by atoms with E-state index in [2.05, 4.69) is 15.6 Å². The molecule has 2 rings (SSSR count). The molecule has 100 valence electrons. The molecular formula is C15H14N4O. The minimum atomic E-state index is -0.108. The Hall–Kier alpha value is -2.87. The topological polar surface area (TPSA) is 77.8 Å². The fourth-order valence-corrected chi connectivity index (χ4v) is 1.72. The van der Waals surface area contributed by atoms with Crippen LogP contribution in [0.4, 0.5) is 5.82 Å². The van der Waals surface area contributed by atoms with Gasteiger partial charge in [0.1, 0.15) is 11.9 Å². The highest BCUT2D eigenvalue weighted by atomic mass is 16.1. The SMILES string of the molecule is CNC(=O)c1cccc(CNc2ccc(C#N)cn2)c1. The van der Waals surface area contributed by atoms with Gasteiger partial charge < -0.3 is 10.6 Å². The minimum Gasteiger partial charge on any atom is -0.366 e. The van der Waals surface area contributed by atoms with E-state index in [-0.39, 0.29) is 5.91 Å². The Labute approximate surface area is 117 Å². The first-order valence-electron chi connectivity index (χ1n) is 6.14. The maximum Gasteiger partial charge on any atom is 0.251 e. The van der Waals surface area contributed by atoms with Gasteiger partial charge in [0.15, 0.2) is 0 Å². The zero-order chi connectivity index (χ0) is 14.4. The summed E-state index contributed by atoms with van der Waals surface area (Å²) in [7, 11) is 1.61. The van der Waals surface area contributed by atoms with E-state index < -0.39 is 0 Å². The normalized spacial score (nSPS) is 9.60. The van der Waals surface area contributed by atoms with Gasteiger partial charge in [-0.25, -0.2) is 4.98 Å². The van der Waals surface area contributed by atoms with Crippen LogP contribution in [-0.4, -0.2) is 17.9 Å². The van der Waals surface area contributed by atoms with Crippen molar-refractivity contribution in [1.29, 1.82) is 5.26 Å². The molecule has 20 heavy (non-hydrogen) atoms. The summed E-state index contributed by atoms with van der Waals surface area (Å²) in [6, 6.07) is 12.8. The molecular weight excluding hydrogens is 252 g/mol. The van der Waals surface area contributed by atoms with Crippen molar-refractivity contribution in [3.05, 3.63) is 59.3 Å². The highest BCUT2D eigenvalue weighted by Crippen LogP contribution is 2.09. The number of rotatable bonds is 4. The highest BCUT2D eigenvalue weighted by Gasteiger charge is 2.03. The molecule has 0 saturated heterocycles. The third kappa shape index (κ3) is 3.33. The van der Waals surface area contributed by atoms with Gasteiger partial charge in [-0.15, -0.1) is 0 Å².